The number of carbonyl (C=O) groups is 3. The van der Waals surface area contributed by atoms with Crippen molar-refractivity contribution in [1.29, 1.82) is 0 Å². The summed E-state index contributed by atoms with van der Waals surface area (Å²) >= 11 is 5.34. The number of aliphatic hydroxyl groups excluding tert-OH is 1. The van der Waals surface area contributed by atoms with Crippen molar-refractivity contribution in [3.8, 4) is 0 Å². The third kappa shape index (κ3) is 6.02. The van der Waals surface area contributed by atoms with Gasteiger partial charge in [0.2, 0.25) is 5.91 Å². The molecule has 0 bridgehead atoms. The third-order valence-corrected chi connectivity index (χ3v) is 5.99. The number of halogens is 4. The second-order valence-corrected chi connectivity index (χ2v) is 8.18. The largest absolute Gasteiger partial charge is 0.478 e. The number of carboxylic acids is 1. The highest BCUT2D eigenvalue weighted by Crippen LogP contribution is 2.35. The number of nitrogens with one attached hydrogen (secondary N) is 2. The molecule has 0 fully saturated rings. The van der Waals surface area contributed by atoms with Crippen LogP contribution in [0.3, 0.4) is 0 Å². The summed E-state index contributed by atoms with van der Waals surface area (Å²) in [6, 6.07) is 0. The van der Waals surface area contributed by atoms with E-state index in [0.29, 0.717) is 3.57 Å². The first-order chi connectivity index (χ1) is 10.9. The number of carbonyl (C=O) groups excluding carboxylic acids is 2. The molecule has 1 atom stereocenters. The van der Waals surface area contributed by atoms with E-state index < -0.39 is 30.1 Å². The van der Waals surface area contributed by atoms with Gasteiger partial charge >= 0.3 is 5.97 Å². The maximum Gasteiger partial charge on any atom is 0.337 e. The van der Waals surface area contributed by atoms with E-state index >= 15 is 0 Å². The zero-order chi connectivity index (χ0) is 18.8. The molecule has 0 radical (unpaired) electrons. The molecular formula is C13H14ClI3N2O6. The summed E-state index contributed by atoms with van der Waals surface area (Å²) in [6.45, 7) is 1.74. The number of aliphatic hydroxyl groups is 2. The standard InChI is InChI=1S/C13H13I3N2O6.ClH/c1-4(20)17-10-8(15)5(11(21)18-13(2,24)3-19)7(14)6(9(10)16)12(22)23;/h19,24H,3H2,1-2H3,(H,17,20)(H,18,21)(H,22,23);1H. The fourth-order valence-electron chi connectivity index (χ4n) is 1.68. The predicted molar refractivity (Wildman–Crippen MR) is 118 cm³/mol. The van der Waals surface area contributed by atoms with Crippen molar-refractivity contribution in [2.24, 2.45) is 0 Å². The SMILES string of the molecule is CC(=O)Nc1c(I)c(C(=O)O)c(I)c(C(=O)NC(C)(O)CO)c1I.Cl. The van der Waals surface area contributed by atoms with Crippen molar-refractivity contribution in [3.63, 3.8) is 0 Å². The molecule has 1 unspecified atom stereocenters. The number of amides is 2. The summed E-state index contributed by atoms with van der Waals surface area (Å²) in [7, 11) is 0. The van der Waals surface area contributed by atoms with Crippen molar-refractivity contribution in [2.75, 3.05) is 11.9 Å². The summed E-state index contributed by atoms with van der Waals surface area (Å²) in [5.41, 5.74) is -1.81. The lowest BCUT2D eigenvalue weighted by molar-refractivity contribution is -0.114. The van der Waals surface area contributed by atoms with Gasteiger partial charge in [-0.25, -0.2) is 4.79 Å². The molecule has 0 saturated carbocycles. The maximum absolute atomic E-state index is 12.5. The molecule has 8 nitrogen and oxygen atoms in total. The van der Waals surface area contributed by atoms with Crippen LogP contribution in [0.5, 0.6) is 0 Å². The Morgan fingerprint density at radius 1 is 1.08 bits per heavy atom. The van der Waals surface area contributed by atoms with Crippen molar-refractivity contribution in [2.45, 2.75) is 19.6 Å². The van der Waals surface area contributed by atoms with Gasteiger partial charge in [0.25, 0.3) is 5.91 Å². The molecule has 12 heteroatoms. The van der Waals surface area contributed by atoms with Gasteiger partial charge in [-0.3, -0.25) is 9.59 Å². The minimum absolute atomic E-state index is 0. The first kappa shape index (κ1) is 25.0. The fraction of sp³-hybridized carbons (Fsp3) is 0.308. The molecule has 0 aliphatic carbocycles. The van der Waals surface area contributed by atoms with Crippen LogP contribution in [0.2, 0.25) is 0 Å². The maximum atomic E-state index is 12.5. The molecule has 1 rings (SSSR count). The van der Waals surface area contributed by atoms with Crippen LogP contribution >= 0.6 is 80.2 Å². The van der Waals surface area contributed by atoms with E-state index in [9.17, 15) is 24.6 Å². The van der Waals surface area contributed by atoms with E-state index in [1.165, 1.54) is 13.8 Å². The van der Waals surface area contributed by atoms with Crippen LogP contribution in [0, 0.1) is 10.7 Å². The number of carboxylic acid groups (broad SMARTS) is 1. The van der Waals surface area contributed by atoms with E-state index in [4.69, 9.17) is 5.11 Å². The first-order valence-electron chi connectivity index (χ1n) is 6.30. The average molecular weight is 710 g/mol. The van der Waals surface area contributed by atoms with Crippen molar-refractivity contribution < 1.29 is 29.7 Å². The number of rotatable bonds is 5. The molecule has 0 aliphatic rings. The quantitative estimate of drug-likeness (QED) is 0.235. The zero-order valence-electron chi connectivity index (χ0n) is 12.8. The summed E-state index contributed by atoms with van der Waals surface area (Å²) in [5, 5.41) is 33.1. The van der Waals surface area contributed by atoms with Crippen molar-refractivity contribution >= 4 is 104 Å². The average Bonchev–Trinajstić information content (AvgIpc) is 2.42. The zero-order valence-corrected chi connectivity index (χ0v) is 20.1. The van der Waals surface area contributed by atoms with E-state index in [-0.39, 0.29) is 36.4 Å². The van der Waals surface area contributed by atoms with Crippen LogP contribution in [-0.2, 0) is 4.79 Å². The summed E-state index contributed by atoms with van der Waals surface area (Å²) in [5.74, 6) is -2.44. The summed E-state index contributed by atoms with van der Waals surface area (Å²) in [6.07, 6.45) is 0. The van der Waals surface area contributed by atoms with Crippen molar-refractivity contribution in [3.05, 3.63) is 21.8 Å². The number of anilines is 1. The summed E-state index contributed by atoms with van der Waals surface area (Å²) in [4.78, 5) is 35.4. The number of hydrogen-bond donors (Lipinski definition) is 5. The molecule has 0 aromatic heterocycles. The number of aromatic carboxylic acids is 1. The molecule has 140 valence electrons. The number of hydrogen-bond acceptors (Lipinski definition) is 5. The number of benzene rings is 1. The van der Waals surface area contributed by atoms with Gasteiger partial charge in [0.05, 0.1) is 30.6 Å². The highest BCUT2D eigenvalue weighted by molar-refractivity contribution is 14.1. The van der Waals surface area contributed by atoms with Crippen LogP contribution in [0.1, 0.15) is 34.6 Å². The van der Waals surface area contributed by atoms with Crippen LogP contribution in [0.15, 0.2) is 0 Å². The van der Waals surface area contributed by atoms with Gasteiger partial charge < -0.3 is 26.0 Å². The van der Waals surface area contributed by atoms with Gasteiger partial charge in [-0.1, -0.05) is 0 Å². The topological polar surface area (TPSA) is 136 Å². The lowest BCUT2D eigenvalue weighted by Crippen LogP contribution is -2.49. The fourth-order valence-corrected chi connectivity index (χ4v) is 6.07. The first-order valence-corrected chi connectivity index (χ1v) is 9.53. The molecule has 5 N–H and O–H groups in total. The molecule has 1 aromatic carbocycles. The van der Waals surface area contributed by atoms with Gasteiger partial charge in [0.1, 0.15) is 0 Å². The Kier molecular flexibility index (Phi) is 9.83. The lowest BCUT2D eigenvalue weighted by Gasteiger charge is -2.24. The van der Waals surface area contributed by atoms with Crippen molar-refractivity contribution in [1.82, 2.24) is 5.32 Å². The molecule has 0 saturated heterocycles. The minimum Gasteiger partial charge on any atom is -0.478 e. The Bertz CT molecular complexity index is 726. The normalized spacial score (nSPS) is 12.6. The smallest absolute Gasteiger partial charge is 0.337 e. The molecule has 2 amide bonds. The highest BCUT2D eigenvalue weighted by Gasteiger charge is 2.31. The lowest BCUT2D eigenvalue weighted by atomic mass is 10.1. The highest BCUT2D eigenvalue weighted by atomic mass is 127. The molecule has 0 aliphatic heterocycles. The Hall–Kier alpha value is 0.0300. The molecular weight excluding hydrogens is 696 g/mol. The van der Waals surface area contributed by atoms with E-state index in [0.717, 1.165) is 0 Å². The minimum atomic E-state index is -1.87. The van der Waals surface area contributed by atoms with Crippen LogP contribution in [0.4, 0.5) is 5.69 Å². The van der Waals surface area contributed by atoms with Gasteiger partial charge in [-0.2, -0.15) is 0 Å². The van der Waals surface area contributed by atoms with E-state index in [2.05, 4.69) is 10.6 Å². The van der Waals surface area contributed by atoms with Crippen LogP contribution in [-0.4, -0.2) is 45.4 Å². The second-order valence-electron chi connectivity index (χ2n) is 4.94. The second kappa shape index (κ2) is 9.82. The molecule has 0 spiro atoms. The Morgan fingerprint density at radius 3 is 1.96 bits per heavy atom. The summed E-state index contributed by atoms with van der Waals surface area (Å²) < 4.78 is 0.775. The van der Waals surface area contributed by atoms with Gasteiger partial charge in [0.15, 0.2) is 5.72 Å². The predicted octanol–water partition coefficient (Wildman–Crippen LogP) is 2.01. The Labute approximate surface area is 190 Å². The third-order valence-electron chi connectivity index (χ3n) is 2.75. The molecule has 0 heterocycles. The Balaban J connectivity index is 0.00000576. The molecule has 25 heavy (non-hydrogen) atoms. The van der Waals surface area contributed by atoms with Gasteiger partial charge in [0, 0.05) is 10.5 Å². The van der Waals surface area contributed by atoms with Gasteiger partial charge in [-0.05, 0) is 74.7 Å². The monoisotopic (exact) mass is 710 g/mol. The Morgan fingerprint density at radius 2 is 1.56 bits per heavy atom. The van der Waals surface area contributed by atoms with Gasteiger partial charge in [-0.15, -0.1) is 12.4 Å². The van der Waals surface area contributed by atoms with E-state index in [1.54, 1.807) is 45.2 Å². The van der Waals surface area contributed by atoms with E-state index in [1.807, 2.05) is 22.6 Å². The van der Waals surface area contributed by atoms with Crippen LogP contribution in [0.25, 0.3) is 0 Å². The molecule has 1 aromatic rings. The van der Waals surface area contributed by atoms with Crippen LogP contribution < -0.4 is 10.6 Å².